The van der Waals surface area contributed by atoms with Gasteiger partial charge in [0.2, 0.25) is 0 Å². The Morgan fingerprint density at radius 3 is 2.27 bits per heavy atom. The van der Waals surface area contributed by atoms with Gasteiger partial charge in [-0.15, -0.1) is 0 Å². The van der Waals surface area contributed by atoms with Gasteiger partial charge in [-0.3, -0.25) is 9.59 Å². The second-order valence-corrected chi connectivity index (χ2v) is 7.71. The summed E-state index contributed by atoms with van der Waals surface area (Å²) in [6, 6.07) is 0. The summed E-state index contributed by atoms with van der Waals surface area (Å²) in [7, 11) is 0. The van der Waals surface area contributed by atoms with E-state index < -0.39 is 17.5 Å². The molecule has 0 aliphatic heterocycles. The summed E-state index contributed by atoms with van der Waals surface area (Å²) in [5.41, 5.74) is -1.11. The van der Waals surface area contributed by atoms with E-state index in [2.05, 4.69) is 13.8 Å². The minimum atomic E-state index is -0.886. The van der Waals surface area contributed by atoms with Gasteiger partial charge in [-0.05, 0) is 49.9 Å². The van der Waals surface area contributed by atoms with Gasteiger partial charge in [-0.2, -0.15) is 0 Å². The van der Waals surface area contributed by atoms with E-state index >= 15 is 0 Å². The Morgan fingerprint density at radius 1 is 1.14 bits per heavy atom. The highest BCUT2D eigenvalue weighted by Crippen LogP contribution is 2.61. The number of hydrogen-bond acceptors (Lipinski definition) is 3. The topological polar surface area (TPSA) is 63.6 Å². The maximum absolute atomic E-state index is 12.4. The molecule has 0 saturated heterocycles. The van der Waals surface area contributed by atoms with Gasteiger partial charge in [-0.1, -0.05) is 33.1 Å². The summed E-state index contributed by atoms with van der Waals surface area (Å²) in [6.45, 7) is 5.73. The van der Waals surface area contributed by atoms with Crippen LogP contribution in [-0.2, 0) is 14.3 Å². The van der Waals surface area contributed by atoms with Crippen molar-refractivity contribution in [2.75, 3.05) is 0 Å². The number of rotatable bonds is 5. The summed E-state index contributed by atoms with van der Waals surface area (Å²) in [5, 5.41) is 10.2. The number of carboxylic acids is 1. The molecule has 0 aromatic carbocycles. The van der Waals surface area contributed by atoms with E-state index in [9.17, 15) is 14.7 Å². The third kappa shape index (κ3) is 2.89. The summed E-state index contributed by atoms with van der Waals surface area (Å²) in [4.78, 5) is 23.9. The normalized spacial score (nSPS) is 31.2. The molecule has 4 heteroatoms. The Hall–Kier alpha value is -1.06. The molecule has 0 bridgehead atoms. The Balaban J connectivity index is 2.45. The number of hydrogen-bond donors (Lipinski definition) is 1. The Labute approximate surface area is 133 Å². The van der Waals surface area contributed by atoms with Crippen LogP contribution in [0.5, 0.6) is 0 Å². The average Bonchev–Trinajstić information content (AvgIpc) is 2.83. The highest BCUT2D eigenvalue weighted by molar-refractivity contribution is 5.78. The van der Waals surface area contributed by atoms with Gasteiger partial charge in [0.15, 0.2) is 0 Å². The van der Waals surface area contributed by atoms with Crippen LogP contribution >= 0.6 is 0 Å². The van der Waals surface area contributed by atoms with Crippen LogP contribution in [0.25, 0.3) is 0 Å². The minimum Gasteiger partial charge on any atom is -0.481 e. The molecule has 4 nitrogen and oxygen atoms in total. The molecule has 0 amide bonds. The van der Waals surface area contributed by atoms with Crippen molar-refractivity contribution in [3.8, 4) is 0 Å². The average molecular weight is 310 g/mol. The molecule has 2 unspecified atom stereocenters. The first-order chi connectivity index (χ1) is 10.3. The van der Waals surface area contributed by atoms with Gasteiger partial charge in [0.25, 0.3) is 0 Å². The zero-order valence-electron chi connectivity index (χ0n) is 14.2. The Bertz CT molecular complexity index is 423. The van der Waals surface area contributed by atoms with Crippen LogP contribution in [0.4, 0.5) is 0 Å². The Kier molecular flexibility index (Phi) is 5.18. The maximum atomic E-state index is 12.4. The zero-order chi connectivity index (χ0) is 16.4. The van der Waals surface area contributed by atoms with Gasteiger partial charge in [0.1, 0.15) is 11.5 Å². The molecular formula is C18H30O4. The van der Waals surface area contributed by atoms with E-state index in [0.29, 0.717) is 18.8 Å². The second kappa shape index (κ2) is 6.59. The molecule has 2 saturated carbocycles. The fraction of sp³-hybridized carbons (Fsp3) is 0.889. The first kappa shape index (κ1) is 17.3. The molecule has 2 rings (SSSR count). The monoisotopic (exact) mass is 310 g/mol. The second-order valence-electron chi connectivity index (χ2n) is 7.71. The molecule has 2 fully saturated rings. The number of carbonyl (C=O) groups is 2. The van der Waals surface area contributed by atoms with Crippen LogP contribution in [0, 0.1) is 16.7 Å². The summed E-state index contributed by atoms with van der Waals surface area (Å²) in [5.74, 6) is -0.653. The standard InChI is InChI=1S/C18H30O4/c1-13(2)12-17(9-5-4-6-10-17)18(16(20)21)11-7-8-15(18)22-14(3)19/h13,15H,4-12H2,1-3H3,(H,20,21). The fourth-order valence-electron chi connectivity index (χ4n) is 5.25. The molecule has 0 aromatic heterocycles. The molecule has 2 aliphatic carbocycles. The van der Waals surface area contributed by atoms with E-state index in [1.165, 1.54) is 13.3 Å². The quantitative estimate of drug-likeness (QED) is 0.774. The van der Waals surface area contributed by atoms with Crippen molar-refractivity contribution in [2.24, 2.45) is 16.7 Å². The van der Waals surface area contributed by atoms with Crippen LogP contribution in [0.15, 0.2) is 0 Å². The van der Waals surface area contributed by atoms with Crippen molar-refractivity contribution >= 4 is 11.9 Å². The number of esters is 1. The highest BCUT2D eigenvalue weighted by Gasteiger charge is 2.63. The lowest BCUT2D eigenvalue weighted by atomic mass is 9.52. The lowest BCUT2D eigenvalue weighted by Crippen LogP contribution is -2.55. The molecule has 22 heavy (non-hydrogen) atoms. The fourth-order valence-corrected chi connectivity index (χ4v) is 5.25. The number of carboxylic acid groups (broad SMARTS) is 1. The minimum absolute atomic E-state index is 0.220. The first-order valence-corrected chi connectivity index (χ1v) is 8.75. The molecule has 0 radical (unpaired) electrons. The molecule has 2 aliphatic rings. The maximum Gasteiger partial charge on any atom is 0.313 e. The van der Waals surface area contributed by atoms with Gasteiger partial charge in [-0.25, -0.2) is 0 Å². The number of ether oxygens (including phenoxy) is 1. The highest BCUT2D eigenvalue weighted by atomic mass is 16.5. The predicted molar refractivity (Wildman–Crippen MR) is 84.4 cm³/mol. The van der Waals surface area contributed by atoms with Gasteiger partial charge >= 0.3 is 11.9 Å². The zero-order valence-corrected chi connectivity index (χ0v) is 14.2. The van der Waals surface area contributed by atoms with Gasteiger partial charge < -0.3 is 9.84 Å². The largest absolute Gasteiger partial charge is 0.481 e. The molecular weight excluding hydrogens is 280 g/mol. The lowest BCUT2D eigenvalue weighted by Gasteiger charge is -2.51. The summed E-state index contributed by atoms with van der Waals surface area (Å²) >= 11 is 0. The van der Waals surface area contributed by atoms with Gasteiger partial charge in [0, 0.05) is 6.92 Å². The number of carbonyl (C=O) groups excluding carboxylic acids is 1. The lowest BCUT2D eigenvalue weighted by molar-refractivity contribution is -0.184. The van der Waals surface area contributed by atoms with E-state index in [4.69, 9.17) is 4.74 Å². The van der Waals surface area contributed by atoms with Crippen molar-refractivity contribution in [1.82, 2.24) is 0 Å². The molecule has 1 N–H and O–H groups in total. The predicted octanol–water partition coefficient (Wildman–Crippen LogP) is 4.17. The van der Waals surface area contributed by atoms with E-state index in [-0.39, 0.29) is 11.4 Å². The molecule has 0 aromatic rings. The summed E-state index contributed by atoms with van der Waals surface area (Å²) in [6.07, 6.45) is 7.90. The van der Waals surface area contributed by atoms with Crippen molar-refractivity contribution < 1.29 is 19.4 Å². The van der Waals surface area contributed by atoms with Crippen LogP contribution in [0.3, 0.4) is 0 Å². The van der Waals surface area contributed by atoms with Crippen LogP contribution in [0.1, 0.15) is 78.6 Å². The van der Waals surface area contributed by atoms with E-state index in [0.717, 1.165) is 38.5 Å². The van der Waals surface area contributed by atoms with Crippen molar-refractivity contribution in [3.05, 3.63) is 0 Å². The summed E-state index contributed by atoms with van der Waals surface area (Å²) < 4.78 is 5.53. The SMILES string of the molecule is CC(=O)OC1CCCC1(C(=O)O)C1(CC(C)C)CCCCC1. The third-order valence-corrected chi connectivity index (χ3v) is 5.83. The van der Waals surface area contributed by atoms with Crippen LogP contribution < -0.4 is 0 Å². The van der Waals surface area contributed by atoms with Crippen molar-refractivity contribution in [1.29, 1.82) is 0 Å². The molecule has 2 atom stereocenters. The molecule has 0 heterocycles. The van der Waals surface area contributed by atoms with Crippen LogP contribution in [-0.4, -0.2) is 23.1 Å². The van der Waals surface area contributed by atoms with Gasteiger partial charge in [0.05, 0.1) is 0 Å². The van der Waals surface area contributed by atoms with Crippen LogP contribution in [0.2, 0.25) is 0 Å². The van der Waals surface area contributed by atoms with Crippen molar-refractivity contribution in [2.45, 2.75) is 84.7 Å². The Morgan fingerprint density at radius 2 is 1.77 bits per heavy atom. The first-order valence-electron chi connectivity index (χ1n) is 8.75. The smallest absolute Gasteiger partial charge is 0.313 e. The third-order valence-electron chi connectivity index (χ3n) is 5.83. The van der Waals surface area contributed by atoms with E-state index in [1.807, 2.05) is 0 Å². The molecule has 126 valence electrons. The van der Waals surface area contributed by atoms with E-state index in [1.54, 1.807) is 0 Å². The van der Waals surface area contributed by atoms with Crippen molar-refractivity contribution in [3.63, 3.8) is 0 Å². The number of aliphatic carboxylic acids is 1. The molecule has 0 spiro atoms.